The van der Waals surface area contributed by atoms with Gasteiger partial charge in [0.1, 0.15) is 53.2 Å². The van der Waals surface area contributed by atoms with Crippen molar-refractivity contribution >= 4 is 141 Å². The fourth-order valence-corrected chi connectivity index (χ4v) is 16.6. The Morgan fingerprint density at radius 3 is 0.962 bits per heavy atom. The summed E-state index contributed by atoms with van der Waals surface area (Å²) in [6, 6.07) is 57.5. The SMILES string of the molecule is C=C(C)C.C=C(C)C.C=C(C)C.C=C(C)C(=O)OC1C2CC3C1OC(=O)C3C2C(=O)Oc1ccc2[nH]c(=O)oc2c1.C=C(C)C(=O)OC1C2CC3C1OC(=O)C3C2C(=O)Oc1ccc2sc(=O)oc2c1.CC(=O)Oc1ccc2[nH]c(=O)oc2c1.O=C(Oc1ccc2[nH]c(=O)oc2c1)c1ccccc1.O=C(Oc1ccc2sc(=O)oc2c1)c1ccccc1.c1ccc2ccccc2c1. The standard InChI is InChI=1S/C20H17NO8.C20H16O8S.C14H9NO4.C14H8O4S.C10H8.C9H7NO4.3C4H8/c1-7(2)17(22)28-15-9-6-10-14(19(24)29-16(10)15)13(9)18(23)26-8-3-4-11-12(5-8)27-20(25)21-11;1-7(2)17(21)27-15-9-6-10-14(19(23)28-16(10)15)13(9)18(22)25-8-3-4-12-11(5-8)26-20(24)29-12;16-13(9-4-2-1-3-5-9)18-10-6-7-11-12(8-10)19-14(17)15-11;15-13(9-4-2-1-3-5-9)17-10-6-7-12-11(8-10)18-14(16)19-12;1-2-6-10-8-4-3-7-9(10)5-1;1-5(11)13-6-2-3-7-8(4-6)14-9(12)10-7;3*1-4(2)3/h3-5,9-10,13-16H,1,6H2,2H3,(H,21,25);3-5,9-10,13-16H,1,6H2,2H3;1-8H,(H,15,17);1-8H;1-8H;2-4H,1H3,(H,10,12);3*1H2,2-3H3. The summed E-state index contributed by atoms with van der Waals surface area (Å²) in [6.45, 7) is 34.0. The number of ether oxygens (including phenoxy) is 9. The van der Waals surface area contributed by atoms with Gasteiger partial charge in [-0.25, -0.2) is 43.2 Å². The van der Waals surface area contributed by atoms with Crippen molar-refractivity contribution < 1.29 is 108 Å². The Morgan fingerprint density at radius 1 is 0.348 bits per heavy atom. The molecular weight excluding hydrogens is 1740 g/mol. The van der Waals surface area contributed by atoms with Crippen molar-refractivity contribution in [2.24, 2.45) is 47.3 Å². The highest BCUT2D eigenvalue weighted by atomic mass is 32.1. The number of benzene rings is 9. The molecule has 3 N–H and O–H groups in total. The minimum Gasteiger partial charge on any atom is -0.458 e. The zero-order valence-electron chi connectivity index (χ0n) is 72.7. The van der Waals surface area contributed by atoms with E-state index >= 15 is 0 Å². The second-order valence-corrected chi connectivity index (χ2v) is 33.8. The van der Waals surface area contributed by atoms with Crippen molar-refractivity contribution in [1.29, 1.82) is 0 Å². The van der Waals surface area contributed by atoms with Crippen LogP contribution in [0.15, 0.2) is 307 Å². The number of oxazole rings is 3. The molecule has 33 heteroatoms. The van der Waals surface area contributed by atoms with E-state index in [-0.39, 0.29) is 56.8 Å². The molecule has 4 saturated carbocycles. The molecule has 0 amide bonds. The molecule has 132 heavy (non-hydrogen) atoms. The molecule has 4 bridgehead atoms. The Hall–Kier alpha value is -15.6. The quantitative estimate of drug-likeness (QED) is 0.0317. The van der Waals surface area contributed by atoms with E-state index in [1.165, 1.54) is 84.7 Å². The zero-order chi connectivity index (χ0) is 95.1. The third-order valence-corrected chi connectivity index (χ3v) is 22.0. The van der Waals surface area contributed by atoms with E-state index in [2.05, 4.69) is 96.4 Å². The molecule has 12 unspecified atom stereocenters. The van der Waals surface area contributed by atoms with Crippen LogP contribution in [0.3, 0.4) is 0 Å². The Bertz CT molecular complexity index is 6670. The average Bonchev–Trinajstić information content (AvgIpc) is 1.55. The number of hydrogen-bond acceptors (Lipinski definition) is 30. The molecule has 6 fully saturated rings. The minimum absolute atomic E-state index is 0.176. The van der Waals surface area contributed by atoms with E-state index < -0.39 is 124 Å². The summed E-state index contributed by atoms with van der Waals surface area (Å²) in [5.41, 5.74) is 8.22. The van der Waals surface area contributed by atoms with Gasteiger partial charge in [-0.05, 0) is 164 Å². The first kappa shape index (κ1) is 95.5. The number of rotatable bonds is 13. The number of aromatic amines is 3. The molecule has 2 saturated heterocycles. The molecule has 4 aliphatic carbocycles. The Morgan fingerprint density at radius 2 is 0.644 bits per heavy atom. The van der Waals surface area contributed by atoms with E-state index in [9.17, 15) is 67.1 Å². The molecule has 2 aliphatic heterocycles. The van der Waals surface area contributed by atoms with Crippen LogP contribution in [0.1, 0.15) is 95.9 Å². The lowest BCUT2D eigenvalue weighted by molar-refractivity contribution is -0.160. The number of carbonyl (C=O) groups excluding carboxylic acids is 9. The zero-order valence-corrected chi connectivity index (χ0v) is 74.3. The summed E-state index contributed by atoms with van der Waals surface area (Å²) in [7, 11) is 0. The van der Waals surface area contributed by atoms with Crippen molar-refractivity contribution in [3.63, 3.8) is 0 Å². The van der Waals surface area contributed by atoms with Crippen molar-refractivity contribution in [3.8, 4) is 28.7 Å². The molecule has 7 heterocycles. The van der Waals surface area contributed by atoms with Crippen LogP contribution in [0.4, 0.5) is 0 Å². The van der Waals surface area contributed by atoms with Crippen molar-refractivity contribution in [2.75, 3.05) is 0 Å². The van der Waals surface area contributed by atoms with Crippen LogP contribution in [-0.4, -0.2) is 93.1 Å². The largest absolute Gasteiger partial charge is 0.458 e. The second kappa shape index (κ2) is 42.5. The molecule has 6 aliphatic rings. The topological polar surface area (TPSA) is 435 Å². The molecule has 20 rings (SSSR count). The van der Waals surface area contributed by atoms with Crippen molar-refractivity contribution in [3.05, 3.63) is 323 Å². The number of carbonyl (C=O) groups is 9. The van der Waals surface area contributed by atoms with Gasteiger partial charge in [-0.2, -0.15) is 0 Å². The summed E-state index contributed by atoms with van der Waals surface area (Å²) in [6.07, 6.45) is -1.36. The Balaban J connectivity index is 0.000000143. The first-order valence-corrected chi connectivity index (χ1v) is 42.6. The monoisotopic (exact) mass is 1830 g/mol. The van der Waals surface area contributed by atoms with Crippen LogP contribution in [0, 0.1) is 47.3 Å². The van der Waals surface area contributed by atoms with Gasteiger partial charge < -0.3 is 64.7 Å². The third-order valence-electron chi connectivity index (χ3n) is 20.4. The van der Waals surface area contributed by atoms with Gasteiger partial charge in [0.15, 0.2) is 27.9 Å². The summed E-state index contributed by atoms with van der Waals surface area (Å²) >= 11 is 1.97. The molecule has 31 nitrogen and oxygen atoms in total. The smallest absolute Gasteiger partial charge is 0.417 e. The number of fused-ring (bicyclic) bond motifs is 8. The number of nitrogens with one attached hydrogen (secondary N) is 3. The van der Waals surface area contributed by atoms with Crippen LogP contribution < -0.4 is 50.8 Å². The fourth-order valence-electron chi connectivity index (χ4n) is 15.3. The van der Waals surface area contributed by atoms with Gasteiger partial charge >= 0.3 is 80.9 Å². The Kier molecular flexibility index (Phi) is 30.8. The summed E-state index contributed by atoms with van der Waals surface area (Å²) in [5, 5.41) is 2.62. The normalized spacial score (nSPS) is 19.4. The number of aromatic nitrogens is 3. The molecule has 0 radical (unpaired) electrons. The van der Waals surface area contributed by atoms with Gasteiger partial charge in [0.2, 0.25) is 0 Å². The van der Waals surface area contributed by atoms with Crippen LogP contribution >= 0.6 is 22.7 Å². The molecule has 12 atom stereocenters. The number of esters is 9. The molecular formula is C99H89N3O28S2. The van der Waals surface area contributed by atoms with Gasteiger partial charge in [-0.15, -0.1) is 19.7 Å². The molecule has 0 spiro atoms. The van der Waals surface area contributed by atoms with Gasteiger partial charge in [0.05, 0.1) is 60.7 Å². The lowest BCUT2D eigenvalue weighted by atomic mass is 9.78. The van der Waals surface area contributed by atoms with Crippen LogP contribution in [0.5, 0.6) is 28.7 Å². The lowest BCUT2D eigenvalue weighted by Gasteiger charge is -2.30. The van der Waals surface area contributed by atoms with Crippen LogP contribution in [0.2, 0.25) is 0 Å². The molecule has 9 aromatic carbocycles. The number of allylic oxidation sites excluding steroid dienone is 3. The maximum atomic E-state index is 13.0. The van der Waals surface area contributed by atoms with Gasteiger partial charge in [-0.3, -0.25) is 38.9 Å². The highest BCUT2D eigenvalue weighted by molar-refractivity contribution is 7.16. The fraction of sp³-hybridized carbons (Fsp3) is 0.232. The average molecular weight is 1830 g/mol. The predicted octanol–water partition coefficient (Wildman–Crippen LogP) is 17.4. The van der Waals surface area contributed by atoms with Crippen LogP contribution in [0.25, 0.3) is 64.6 Å². The highest BCUT2D eigenvalue weighted by Crippen LogP contribution is 2.60. The minimum atomic E-state index is -0.775. The van der Waals surface area contributed by atoms with Gasteiger partial charge in [0.25, 0.3) is 0 Å². The van der Waals surface area contributed by atoms with E-state index in [0.29, 0.717) is 84.8 Å². The van der Waals surface area contributed by atoms with E-state index in [0.717, 1.165) is 27.4 Å². The summed E-state index contributed by atoms with van der Waals surface area (Å²) < 4.78 is 74.1. The maximum absolute atomic E-state index is 13.0. The highest BCUT2D eigenvalue weighted by Gasteiger charge is 2.71. The van der Waals surface area contributed by atoms with Crippen molar-refractivity contribution in [1.82, 2.24) is 15.0 Å². The molecule has 14 aromatic rings. The van der Waals surface area contributed by atoms with E-state index in [1.807, 2.05) is 53.7 Å². The van der Waals surface area contributed by atoms with Gasteiger partial charge in [-0.1, -0.05) is 137 Å². The van der Waals surface area contributed by atoms with E-state index in [4.69, 9.17) is 64.7 Å². The lowest BCUT2D eigenvalue weighted by Crippen LogP contribution is -2.44. The van der Waals surface area contributed by atoms with Crippen molar-refractivity contribution in [2.45, 2.75) is 99.6 Å². The number of hydrogen-bond donors (Lipinski definition) is 3. The predicted molar refractivity (Wildman–Crippen MR) is 488 cm³/mol. The van der Waals surface area contributed by atoms with E-state index in [1.54, 1.807) is 103 Å². The Labute approximate surface area is 758 Å². The molecule has 680 valence electrons. The van der Waals surface area contributed by atoms with Gasteiger partial charge in [0, 0.05) is 72.1 Å². The first-order chi connectivity index (χ1) is 62.9. The third kappa shape index (κ3) is 24.0. The number of H-pyrrole nitrogens is 3. The summed E-state index contributed by atoms with van der Waals surface area (Å²) in [5.74, 6) is -8.68. The van der Waals surface area contributed by atoms with Crippen LogP contribution in [-0.2, 0) is 52.5 Å². The first-order valence-electron chi connectivity index (χ1n) is 41.0. The second-order valence-electron chi connectivity index (χ2n) is 31.9. The summed E-state index contributed by atoms with van der Waals surface area (Å²) in [4.78, 5) is 171. The molecule has 5 aromatic heterocycles. The maximum Gasteiger partial charge on any atom is 0.417 e.